The minimum Gasteiger partial charge on any atom is -0.469 e. The van der Waals surface area contributed by atoms with E-state index in [4.69, 9.17) is 24.8 Å². The Kier molecular flexibility index (Phi) is 7.83. The molecule has 0 spiro atoms. The van der Waals surface area contributed by atoms with Crippen LogP contribution in [0.25, 0.3) is 33.6 Å². The van der Waals surface area contributed by atoms with Gasteiger partial charge in [-0.2, -0.15) is 5.10 Å². The molecule has 1 N–H and O–H groups in total. The summed E-state index contributed by atoms with van der Waals surface area (Å²) in [6, 6.07) is 33.9. The number of aryl methyl sites for hydroxylation is 1. The fraction of sp³-hybridized carbons (Fsp3) is 0.262. The lowest BCUT2D eigenvalue weighted by Crippen LogP contribution is -2.51. The van der Waals surface area contributed by atoms with Crippen LogP contribution in [0.3, 0.4) is 0 Å². The van der Waals surface area contributed by atoms with Crippen molar-refractivity contribution in [3.63, 3.8) is 0 Å². The zero-order valence-electron chi connectivity index (χ0n) is 29.0. The van der Waals surface area contributed by atoms with Crippen molar-refractivity contribution in [1.29, 1.82) is 0 Å². The van der Waals surface area contributed by atoms with Gasteiger partial charge in [0.25, 0.3) is 0 Å². The number of carbonyl (C=O) groups is 1. The number of methoxy groups -OCH3 is 1. The number of benzene rings is 3. The van der Waals surface area contributed by atoms with Crippen molar-refractivity contribution in [2.24, 2.45) is 24.8 Å². The molecule has 0 radical (unpaired) electrons. The van der Waals surface area contributed by atoms with Gasteiger partial charge in [-0.05, 0) is 66.3 Å². The fourth-order valence-electron chi connectivity index (χ4n) is 8.92. The van der Waals surface area contributed by atoms with E-state index in [0.717, 1.165) is 47.8 Å². The lowest BCUT2D eigenvalue weighted by atomic mass is 9.61. The first-order valence-corrected chi connectivity index (χ1v) is 17.9. The number of nitrogens with zero attached hydrogens (tertiary/aromatic N) is 6. The highest BCUT2D eigenvalue weighted by molar-refractivity contribution is 5.94. The van der Waals surface area contributed by atoms with Crippen LogP contribution in [0, 0.1) is 23.6 Å². The SMILES string of the molecule is COC(=O)[C@H]1C2CCC(CC2)[C@@H]1Nc1nc(-c2nn(C(c3ccccc3)(c3ccccc3)c3ccccc3)c3ncc(F)cc23)nc2c1ccn2C. The molecule has 3 aliphatic carbocycles. The summed E-state index contributed by atoms with van der Waals surface area (Å²) in [4.78, 5) is 28.1. The van der Waals surface area contributed by atoms with Gasteiger partial charge in [-0.3, -0.25) is 4.79 Å². The summed E-state index contributed by atoms with van der Waals surface area (Å²) >= 11 is 0. The Morgan fingerprint density at radius 3 is 2.00 bits per heavy atom. The van der Waals surface area contributed by atoms with Gasteiger partial charge in [0.15, 0.2) is 11.5 Å². The molecular formula is C42H38FN7O2. The highest BCUT2D eigenvalue weighted by Gasteiger charge is 2.48. The van der Waals surface area contributed by atoms with E-state index < -0.39 is 11.4 Å². The van der Waals surface area contributed by atoms with Gasteiger partial charge >= 0.3 is 5.97 Å². The third kappa shape index (κ3) is 4.99. The molecule has 2 bridgehead atoms. The van der Waals surface area contributed by atoms with Crippen molar-refractivity contribution in [3.8, 4) is 11.5 Å². The Bertz CT molecular complexity index is 2310. The van der Waals surface area contributed by atoms with E-state index in [1.807, 2.05) is 83.2 Å². The maximum absolute atomic E-state index is 15.3. The van der Waals surface area contributed by atoms with E-state index in [1.165, 1.54) is 19.4 Å². The molecule has 0 unspecified atom stereocenters. The number of carbonyl (C=O) groups excluding carboxylic acids is 1. The summed E-state index contributed by atoms with van der Waals surface area (Å²) in [5, 5.41) is 10.4. The van der Waals surface area contributed by atoms with E-state index in [9.17, 15) is 4.79 Å². The number of ether oxygens (including phenoxy) is 1. The van der Waals surface area contributed by atoms with Crippen LogP contribution in [0.1, 0.15) is 42.4 Å². The van der Waals surface area contributed by atoms with Crippen LogP contribution in [0.2, 0.25) is 0 Å². The average molecular weight is 692 g/mol. The van der Waals surface area contributed by atoms with E-state index in [2.05, 4.69) is 41.7 Å². The average Bonchev–Trinajstić information content (AvgIpc) is 3.77. The largest absolute Gasteiger partial charge is 0.469 e. The Labute approximate surface area is 300 Å². The normalized spacial score (nSPS) is 20.0. The Morgan fingerprint density at radius 2 is 1.40 bits per heavy atom. The van der Waals surface area contributed by atoms with Gasteiger partial charge in [0.05, 0.1) is 30.0 Å². The fourth-order valence-corrected chi connectivity index (χ4v) is 8.92. The van der Waals surface area contributed by atoms with E-state index >= 15 is 4.39 Å². The number of hydrogen-bond acceptors (Lipinski definition) is 7. The number of nitrogens with one attached hydrogen (secondary N) is 1. The number of aromatic nitrogens is 6. The smallest absolute Gasteiger partial charge is 0.311 e. The molecule has 4 heterocycles. The predicted molar refractivity (Wildman–Crippen MR) is 198 cm³/mol. The topological polar surface area (TPSA) is 99.8 Å². The Morgan fingerprint density at radius 1 is 0.808 bits per heavy atom. The first-order chi connectivity index (χ1) is 25.5. The molecule has 0 aliphatic heterocycles. The molecule has 7 aromatic rings. The Hall–Kier alpha value is -5.90. The van der Waals surface area contributed by atoms with Crippen molar-refractivity contribution in [3.05, 3.63) is 138 Å². The lowest BCUT2D eigenvalue weighted by Gasteiger charge is -2.47. The minimum atomic E-state index is -1.00. The number of hydrogen-bond donors (Lipinski definition) is 1. The van der Waals surface area contributed by atoms with Gasteiger partial charge in [0.2, 0.25) is 0 Å². The molecule has 52 heavy (non-hydrogen) atoms. The molecule has 2 atom stereocenters. The molecule has 3 aliphatic rings. The first kappa shape index (κ1) is 32.0. The predicted octanol–water partition coefficient (Wildman–Crippen LogP) is 7.75. The van der Waals surface area contributed by atoms with Gasteiger partial charge in [-0.1, -0.05) is 91.0 Å². The molecule has 0 amide bonds. The van der Waals surface area contributed by atoms with Crippen molar-refractivity contribution >= 4 is 33.9 Å². The van der Waals surface area contributed by atoms with Crippen molar-refractivity contribution < 1.29 is 13.9 Å². The van der Waals surface area contributed by atoms with Crippen molar-refractivity contribution in [2.45, 2.75) is 37.3 Å². The second-order valence-corrected chi connectivity index (χ2v) is 14.0. The molecule has 9 nitrogen and oxygen atoms in total. The highest BCUT2D eigenvalue weighted by Crippen LogP contribution is 2.48. The number of rotatable bonds is 8. The van der Waals surface area contributed by atoms with Crippen LogP contribution in [-0.2, 0) is 22.1 Å². The highest BCUT2D eigenvalue weighted by atomic mass is 19.1. The monoisotopic (exact) mass is 691 g/mol. The van der Waals surface area contributed by atoms with E-state index in [0.29, 0.717) is 39.9 Å². The number of anilines is 1. The van der Waals surface area contributed by atoms with Gasteiger partial charge in [-0.25, -0.2) is 24.0 Å². The molecule has 4 aromatic heterocycles. The van der Waals surface area contributed by atoms with Crippen LogP contribution < -0.4 is 5.32 Å². The third-order valence-corrected chi connectivity index (χ3v) is 11.3. The van der Waals surface area contributed by atoms with Crippen LogP contribution in [-0.4, -0.2) is 48.4 Å². The molecule has 0 saturated heterocycles. The van der Waals surface area contributed by atoms with Gasteiger partial charge < -0.3 is 14.6 Å². The summed E-state index contributed by atoms with van der Waals surface area (Å²) in [6.45, 7) is 0. The van der Waals surface area contributed by atoms with Crippen molar-refractivity contribution in [1.82, 2.24) is 29.3 Å². The summed E-state index contributed by atoms with van der Waals surface area (Å²) in [7, 11) is 3.40. The van der Waals surface area contributed by atoms with E-state index in [1.54, 1.807) is 0 Å². The minimum absolute atomic E-state index is 0.138. The molecular weight excluding hydrogens is 654 g/mol. The molecule has 10 rings (SSSR count). The summed E-state index contributed by atoms with van der Waals surface area (Å²) in [5.74, 6) is 0.569. The van der Waals surface area contributed by atoms with Gasteiger partial charge in [0, 0.05) is 19.3 Å². The van der Waals surface area contributed by atoms with Crippen LogP contribution in [0.15, 0.2) is 116 Å². The second kappa shape index (κ2) is 12.7. The third-order valence-electron chi connectivity index (χ3n) is 11.3. The maximum Gasteiger partial charge on any atom is 0.311 e. The summed E-state index contributed by atoms with van der Waals surface area (Å²) in [5.41, 5.74) is 3.43. The zero-order chi connectivity index (χ0) is 35.4. The van der Waals surface area contributed by atoms with Gasteiger partial charge in [0.1, 0.15) is 28.5 Å². The van der Waals surface area contributed by atoms with Crippen LogP contribution in [0.4, 0.5) is 10.2 Å². The van der Waals surface area contributed by atoms with E-state index in [-0.39, 0.29) is 23.8 Å². The molecule has 10 heteroatoms. The second-order valence-electron chi connectivity index (χ2n) is 14.0. The van der Waals surface area contributed by atoms with Crippen LogP contribution >= 0.6 is 0 Å². The summed E-state index contributed by atoms with van der Waals surface area (Å²) in [6.07, 6.45) is 7.31. The van der Waals surface area contributed by atoms with Crippen molar-refractivity contribution in [2.75, 3.05) is 12.4 Å². The Balaban J connectivity index is 1.30. The number of halogens is 1. The molecule has 260 valence electrons. The number of fused-ring (bicyclic) bond motifs is 5. The maximum atomic E-state index is 15.3. The number of esters is 1. The number of pyridine rings is 1. The van der Waals surface area contributed by atoms with Crippen LogP contribution in [0.5, 0.6) is 0 Å². The lowest BCUT2D eigenvalue weighted by molar-refractivity contribution is -0.152. The van der Waals surface area contributed by atoms with Gasteiger partial charge in [-0.15, -0.1) is 0 Å². The standard InChI is InChI=1S/C42H38FN7O2/c1-49-23-22-32-37(45-35-27-20-18-26(19-21-27)34(35)41(51)52-2)46-38(47-40(32)49)36-33-24-31(43)25-44-39(33)50(48-36)42(28-12-6-3-7-13-28,29-14-8-4-9-15-29)30-16-10-5-11-17-30/h3-17,22-27,34-35H,18-21H2,1-2H3,(H,45,46,47)/t26?,27?,34-,35-/m0/s1. The summed E-state index contributed by atoms with van der Waals surface area (Å²) < 4.78 is 24.5. The zero-order valence-corrected chi connectivity index (χ0v) is 29.0. The first-order valence-electron chi connectivity index (χ1n) is 17.9. The molecule has 3 aromatic carbocycles. The molecule has 3 fully saturated rings. The molecule has 3 saturated carbocycles. The quantitative estimate of drug-likeness (QED) is 0.129.